The molecule has 1 heterocycles. The highest BCUT2D eigenvalue weighted by atomic mass is 16.2. The number of carbonyl (C=O) groups is 1. The molecule has 1 amide bonds. The van der Waals surface area contributed by atoms with Gasteiger partial charge in [0.2, 0.25) is 0 Å². The number of hydrazone groups is 1. The molecule has 0 spiro atoms. The molecule has 15 heavy (non-hydrogen) atoms. The maximum atomic E-state index is 11.8. The molecular formula is C11H19N3O. The average Bonchev–Trinajstić information content (AvgIpc) is 2.81. The van der Waals surface area contributed by atoms with Crippen molar-refractivity contribution in [2.24, 2.45) is 22.7 Å². The molecule has 1 aliphatic heterocycles. The van der Waals surface area contributed by atoms with E-state index >= 15 is 0 Å². The fourth-order valence-corrected chi connectivity index (χ4v) is 2.67. The van der Waals surface area contributed by atoms with E-state index < -0.39 is 0 Å². The highest BCUT2D eigenvalue weighted by molar-refractivity contribution is 6.08. The fraction of sp³-hybridized carbons (Fsp3) is 0.818. The summed E-state index contributed by atoms with van der Waals surface area (Å²) in [4.78, 5) is 11.8. The molecule has 2 aliphatic rings. The van der Waals surface area contributed by atoms with Crippen molar-refractivity contribution < 1.29 is 4.79 Å². The van der Waals surface area contributed by atoms with E-state index in [4.69, 9.17) is 5.73 Å². The van der Waals surface area contributed by atoms with Gasteiger partial charge in [-0.15, -0.1) is 0 Å². The van der Waals surface area contributed by atoms with Gasteiger partial charge in [-0.3, -0.25) is 4.79 Å². The van der Waals surface area contributed by atoms with Gasteiger partial charge in [-0.25, -0.2) is 5.01 Å². The molecule has 1 unspecified atom stereocenters. The Bertz CT molecular complexity index is 282. The number of nitrogens with zero attached hydrogens (tertiary/aromatic N) is 2. The summed E-state index contributed by atoms with van der Waals surface area (Å²) in [5.41, 5.74) is 6.65. The number of carbonyl (C=O) groups excluding carboxylic acids is 1. The minimum atomic E-state index is -0.0249. The van der Waals surface area contributed by atoms with Crippen molar-refractivity contribution in [3.8, 4) is 0 Å². The van der Waals surface area contributed by atoms with Crippen LogP contribution in [0.3, 0.4) is 0 Å². The lowest BCUT2D eigenvalue weighted by molar-refractivity contribution is -0.130. The van der Waals surface area contributed by atoms with E-state index in [1.165, 1.54) is 30.7 Å². The van der Waals surface area contributed by atoms with E-state index in [1.54, 1.807) is 7.05 Å². The molecule has 0 radical (unpaired) electrons. The van der Waals surface area contributed by atoms with E-state index in [9.17, 15) is 4.79 Å². The summed E-state index contributed by atoms with van der Waals surface area (Å²) < 4.78 is 0. The average molecular weight is 209 g/mol. The van der Waals surface area contributed by atoms with E-state index in [-0.39, 0.29) is 11.8 Å². The van der Waals surface area contributed by atoms with Gasteiger partial charge in [0.1, 0.15) is 0 Å². The van der Waals surface area contributed by atoms with Crippen LogP contribution in [0.15, 0.2) is 5.10 Å². The van der Waals surface area contributed by atoms with Gasteiger partial charge in [-0.2, -0.15) is 5.10 Å². The lowest BCUT2D eigenvalue weighted by Gasteiger charge is -2.14. The number of nitrogens with two attached hydrogens (primary N) is 1. The van der Waals surface area contributed by atoms with Crippen molar-refractivity contribution in [2.45, 2.75) is 32.1 Å². The second kappa shape index (κ2) is 4.31. The van der Waals surface area contributed by atoms with Crippen LogP contribution in [-0.2, 0) is 4.79 Å². The van der Waals surface area contributed by atoms with Gasteiger partial charge in [-0.1, -0.05) is 12.8 Å². The van der Waals surface area contributed by atoms with Crippen molar-refractivity contribution in [1.29, 1.82) is 0 Å². The third-order valence-electron chi connectivity index (χ3n) is 3.47. The maximum Gasteiger partial charge on any atom is 0.251 e. The van der Waals surface area contributed by atoms with E-state index in [0.29, 0.717) is 12.5 Å². The molecule has 1 fully saturated rings. The number of hydrogen-bond acceptors (Lipinski definition) is 3. The zero-order valence-corrected chi connectivity index (χ0v) is 9.28. The molecule has 1 aliphatic carbocycles. The zero-order chi connectivity index (χ0) is 10.8. The summed E-state index contributed by atoms with van der Waals surface area (Å²) in [5, 5.41) is 5.89. The molecular weight excluding hydrogens is 190 g/mol. The molecule has 4 heteroatoms. The molecule has 0 aromatic rings. The third kappa shape index (κ3) is 1.91. The molecule has 84 valence electrons. The van der Waals surface area contributed by atoms with Crippen LogP contribution in [0.4, 0.5) is 0 Å². The van der Waals surface area contributed by atoms with E-state index in [2.05, 4.69) is 5.10 Å². The van der Waals surface area contributed by atoms with Crippen molar-refractivity contribution in [1.82, 2.24) is 5.01 Å². The lowest BCUT2D eigenvalue weighted by Crippen LogP contribution is -2.29. The van der Waals surface area contributed by atoms with Crippen LogP contribution >= 0.6 is 0 Å². The van der Waals surface area contributed by atoms with Crippen molar-refractivity contribution in [3.05, 3.63) is 0 Å². The minimum Gasteiger partial charge on any atom is -0.330 e. The van der Waals surface area contributed by atoms with E-state index in [1.807, 2.05) is 0 Å². The summed E-state index contributed by atoms with van der Waals surface area (Å²) in [6, 6.07) is 0. The Balaban J connectivity index is 2.13. The second-order valence-electron chi connectivity index (χ2n) is 4.50. The summed E-state index contributed by atoms with van der Waals surface area (Å²) in [6.07, 6.45) is 5.69. The summed E-state index contributed by atoms with van der Waals surface area (Å²) in [5.74, 6) is 0.640. The summed E-state index contributed by atoms with van der Waals surface area (Å²) >= 11 is 0. The fourth-order valence-electron chi connectivity index (χ4n) is 2.67. The Labute approximate surface area is 90.5 Å². The third-order valence-corrected chi connectivity index (χ3v) is 3.47. The van der Waals surface area contributed by atoms with Gasteiger partial charge >= 0.3 is 0 Å². The number of amides is 1. The van der Waals surface area contributed by atoms with Gasteiger partial charge in [-0.05, 0) is 31.7 Å². The lowest BCUT2D eigenvalue weighted by atomic mass is 9.89. The molecule has 1 atom stereocenters. The molecule has 1 saturated carbocycles. The predicted octanol–water partition coefficient (Wildman–Crippen LogP) is 0.970. The van der Waals surface area contributed by atoms with Crippen molar-refractivity contribution in [3.63, 3.8) is 0 Å². The number of rotatable bonds is 3. The van der Waals surface area contributed by atoms with Crippen LogP contribution in [0.25, 0.3) is 0 Å². The Morgan fingerprint density at radius 1 is 1.47 bits per heavy atom. The van der Waals surface area contributed by atoms with Gasteiger partial charge in [0, 0.05) is 7.05 Å². The molecule has 0 aromatic carbocycles. The molecule has 2 rings (SSSR count). The van der Waals surface area contributed by atoms with Gasteiger partial charge in [0.25, 0.3) is 5.91 Å². The first-order valence-electron chi connectivity index (χ1n) is 5.80. The Morgan fingerprint density at radius 3 is 2.73 bits per heavy atom. The Morgan fingerprint density at radius 2 is 2.13 bits per heavy atom. The molecule has 0 aromatic heterocycles. The molecule has 4 nitrogen and oxygen atoms in total. The monoisotopic (exact) mass is 209 g/mol. The summed E-state index contributed by atoms with van der Waals surface area (Å²) in [7, 11) is 1.74. The van der Waals surface area contributed by atoms with Crippen LogP contribution in [-0.4, -0.2) is 30.2 Å². The minimum absolute atomic E-state index is 0.0249. The van der Waals surface area contributed by atoms with Gasteiger partial charge in [0.15, 0.2) is 0 Å². The standard InChI is InChI=1S/C11H19N3O/c1-14-11(15)9(6-7-12)10(13-14)8-4-2-3-5-8/h8-9H,2-7,12H2,1H3. The van der Waals surface area contributed by atoms with Crippen LogP contribution in [0.5, 0.6) is 0 Å². The van der Waals surface area contributed by atoms with E-state index in [0.717, 1.165) is 12.1 Å². The van der Waals surface area contributed by atoms with Crippen LogP contribution in [0, 0.1) is 11.8 Å². The number of hydrogen-bond donors (Lipinski definition) is 1. The summed E-state index contributed by atoms with van der Waals surface area (Å²) in [6.45, 7) is 0.565. The highest BCUT2D eigenvalue weighted by Crippen LogP contribution is 2.32. The maximum absolute atomic E-state index is 11.8. The normalized spacial score (nSPS) is 27.6. The van der Waals surface area contributed by atoms with Crippen molar-refractivity contribution in [2.75, 3.05) is 13.6 Å². The van der Waals surface area contributed by atoms with Gasteiger partial charge in [0.05, 0.1) is 11.6 Å². The van der Waals surface area contributed by atoms with Crippen LogP contribution in [0.1, 0.15) is 32.1 Å². The highest BCUT2D eigenvalue weighted by Gasteiger charge is 2.37. The van der Waals surface area contributed by atoms with Gasteiger partial charge < -0.3 is 5.73 Å². The second-order valence-corrected chi connectivity index (χ2v) is 4.50. The first-order chi connectivity index (χ1) is 7.24. The smallest absolute Gasteiger partial charge is 0.251 e. The Hall–Kier alpha value is -0.900. The Kier molecular flexibility index (Phi) is 3.05. The topological polar surface area (TPSA) is 58.7 Å². The van der Waals surface area contributed by atoms with Crippen LogP contribution in [0.2, 0.25) is 0 Å². The first kappa shape index (κ1) is 10.6. The molecule has 0 bridgehead atoms. The SMILES string of the molecule is CN1N=C(C2CCCC2)C(CCN)C1=O. The van der Waals surface area contributed by atoms with Crippen LogP contribution < -0.4 is 5.73 Å². The zero-order valence-electron chi connectivity index (χ0n) is 9.28. The molecule has 0 saturated heterocycles. The quantitative estimate of drug-likeness (QED) is 0.753. The predicted molar refractivity (Wildman–Crippen MR) is 59.3 cm³/mol. The largest absolute Gasteiger partial charge is 0.330 e. The van der Waals surface area contributed by atoms with Crippen molar-refractivity contribution >= 4 is 11.6 Å². The molecule has 2 N–H and O–H groups in total. The first-order valence-corrected chi connectivity index (χ1v) is 5.80.